The molecule has 4 N–H and O–H groups in total. The van der Waals surface area contributed by atoms with Crippen LogP contribution in [0.1, 0.15) is 30.5 Å². The lowest BCUT2D eigenvalue weighted by Gasteiger charge is -2.33. The van der Waals surface area contributed by atoms with E-state index < -0.39 is 46.5 Å². The lowest BCUT2D eigenvalue weighted by atomic mass is 9.97. The van der Waals surface area contributed by atoms with Crippen LogP contribution in [0, 0.1) is 18.6 Å². The number of aliphatic hydroxyl groups is 1. The van der Waals surface area contributed by atoms with E-state index in [2.05, 4.69) is 16.0 Å². The van der Waals surface area contributed by atoms with E-state index in [0.717, 1.165) is 28.8 Å². The molecule has 1 aliphatic rings. The summed E-state index contributed by atoms with van der Waals surface area (Å²) in [7, 11) is 0. The summed E-state index contributed by atoms with van der Waals surface area (Å²) in [5.74, 6) is -2.69. The van der Waals surface area contributed by atoms with Gasteiger partial charge in [-0.15, -0.1) is 11.8 Å². The van der Waals surface area contributed by atoms with E-state index in [0.29, 0.717) is 6.07 Å². The van der Waals surface area contributed by atoms with Crippen LogP contribution in [0.15, 0.2) is 72.8 Å². The molecular formula is C31H34F2N4O4S. The summed E-state index contributed by atoms with van der Waals surface area (Å²) < 4.78 is 26.8. The Morgan fingerprint density at radius 1 is 1.05 bits per heavy atom. The molecule has 4 rings (SSSR count). The molecule has 0 spiro atoms. The molecule has 11 heteroatoms. The van der Waals surface area contributed by atoms with Crippen molar-refractivity contribution < 1.29 is 28.3 Å². The summed E-state index contributed by atoms with van der Waals surface area (Å²) in [4.78, 5) is 41.4. The number of amides is 4. The first-order chi connectivity index (χ1) is 20.0. The number of thioether (sulfide) groups is 1. The minimum Gasteiger partial charge on any atom is -0.381 e. The van der Waals surface area contributed by atoms with E-state index in [1.807, 2.05) is 45.0 Å². The molecule has 3 aromatic rings. The fourth-order valence-corrected chi connectivity index (χ4v) is 6.01. The molecule has 0 aliphatic carbocycles. The molecule has 1 heterocycles. The van der Waals surface area contributed by atoms with Crippen LogP contribution in [0.2, 0.25) is 0 Å². The summed E-state index contributed by atoms with van der Waals surface area (Å²) >= 11 is 1.41. The number of hydrogen-bond acceptors (Lipinski definition) is 5. The van der Waals surface area contributed by atoms with Crippen molar-refractivity contribution >= 4 is 35.3 Å². The fourth-order valence-electron chi connectivity index (χ4n) is 4.87. The highest BCUT2D eigenvalue weighted by molar-refractivity contribution is 8.00. The van der Waals surface area contributed by atoms with Gasteiger partial charge in [-0.25, -0.2) is 13.6 Å². The zero-order chi connectivity index (χ0) is 30.4. The minimum absolute atomic E-state index is 0.0710. The van der Waals surface area contributed by atoms with Crippen LogP contribution in [-0.2, 0) is 22.6 Å². The van der Waals surface area contributed by atoms with Crippen LogP contribution in [0.3, 0.4) is 0 Å². The van der Waals surface area contributed by atoms with E-state index in [1.54, 1.807) is 30.3 Å². The van der Waals surface area contributed by atoms with E-state index in [1.165, 1.54) is 16.7 Å². The van der Waals surface area contributed by atoms with Crippen LogP contribution in [0.5, 0.6) is 0 Å². The van der Waals surface area contributed by atoms with Crippen molar-refractivity contribution in [1.29, 1.82) is 0 Å². The van der Waals surface area contributed by atoms with Gasteiger partial charge in [0.25, 0.3) is 5.91 Å². The summed E-state index contributed by atoms with van der Waals surface area (Å²) in [6.45, 7) is 5.95. The van der Waals surface area contributed by atoms with E-state index >= 15 is 0 Å². The Kier molecular flexibility index (Phi) is 9.85. The van der Waals surface area contributed by atoms with Crippen molar-refractivity contribution in [3.05, 3.63) is 101 Å². The van der Waals surface area contributed by atoms with Gasteiger partial charge in [-0.3, -0.25) is 9.59 Å². The molecule has 1 aliphatic heterocycles. The Morgan fingerprint density at radius 2 is 1.74 bits per heavy atom. The highest BCUT2D eigenvalue weighted by Gasteiger charge is 2.49. The standard InChI is InChI=1S/C31H34F2N4O4S/c1-19-9-7-8-12-21(19)17-34-28(39)27-31(2,3)42-18-37(27)29(40)26(38)25(15-20-10-5-4-6-11-20)36-30(41)35-24-14-13-22(32)16-23(24)33/h4-14,16,25-27,38H,15,17-18H2,1-3H3,(H,34,39)(H2,35,36,41). The van der Waals surface area contributed by atoms with Crippen molar-refractivity contribution in [2.24, 2.45) is 0 Å². The zero-order valence-corrected chi connectivity index (χ0v) is 24.4. The molecule has 42 heavy (non-hydrogen) atoms. The number of nitrogens with zero attached hydrogens (tertiary/aromatic N) is 1. The third-order valence-electron chi connectivity index (χ3n) is 7.22. The highest BCUT2D eigenvalue weighted by atomic mass is 32.2. The van der Waals surface area contributed by atoms with Crippen molar-refractivity contribution in [2.45, 2.75) is 56.7 Å². The molecule has 222 valence electrons. The second kappa shape index (κ2) is 13.3. The van der Waals surface area contributed by atoms with Gasteiger partial charge >= 0.3 is 6.03 Å². The second-order valence-corrected chi connectivity index (χ2v) is 12.3. The van der Waals surface area contributed by atoms with Gasteiger partial charge in [0.15, 0.2) is 6.10 Å². The molecule has 3 aromatic carbocycles. The van der Waals surface area contributed by atoms with Crippen molar-refractivity contribution in [1.82, 2.24) is 15.5 Å². The average Bonchev–Trinajstić information content (AvgIpc) is 3.28. The maximum absolute atomic E-state index is 14.1. The maximum Gasteiger partial charge on any atom is 0.319 e. The highest BCUT2D eigenvalue weighted by Crippen LogP contribution is 2.40. The number of rotatable bonds is 9. The molecule has 4 amide bonds. The second-order valence-electron chi connectivity index (χ2n) is 10.7. The van der Waals surface area contributed by atoms with E-state index in [4.69, 9.17) is 0 Å². The van der Waals surface area contributed by atoms with Crippen molar-refractivity contribution in [2.75, 3.05) is 11.2 Å². The number of nitrogens with one attached hydrogen (secondary N) is 3. The first kappa shape index (κ1) is 31.0. The Labute approximate surface area is 247 Å². The first-order valence-electron chi connectivity index (χ1n) is 13.5. The monoisotopic (exact) mass is 596 g/mol. The van der Waals surface area contributed by atoms with Gasteiger partial charge in [-0.2, -0.15) is 0 Å². The van der Waals surface area contributed by atoms with Gasteiger partial charge in [0.1, 0.15) is 17.7 Å². The molecule has 1 fully saturated rings. The summed E-state index contributed by atoms with van der Waals surface area (Å²) in [6, 6.07) is 16.4. The minimum atomic E-state index is -1.73. The smallest absolute Gasteiger partial charge is 0.319 e. The number of aliphatic hydroxyl groups excluding tert-OH is 1. The quantitative estimate of drug-likeness (QED) is 0.294. The number of carbonyl (C=O) groups is 3. The number of urea groups is 1. The fraction of sp³-hybridized carbons (Fsp3) is 0.323. The molecule has 1 saturated heterocycles. The summed E-state index contributed by atoms with van der Waals surface area (Å²) in [5.41, 5.74) is 2.43. The topological polar surface area (TPSA) is 111 Å². The van der Waals surface area contributed by atoms with Gasteiger partial charge in [0.2, 0.25) is 5.91 Å². The van der Waals surface area contributed by atoms with Crippen LogP contribution in [0.25, 0.3) is 0 Å². The summed E-state index contributed by atoms with van der Waals surface area (Å²) in [6.07, 6.45) is -1.66. The van der Waals surface area contributed by atoms with Crippen LogP contribution < -0.4 is 16.0 Å². The Hall–Kier alpha value is -3.96. The van der Waals surface area contributed by atoms with Crippen molar-refractivity contribution in [3.8, 4) is 0 Å². The van der Waals surface area contributed by atoms with Gasteiger partial charge in [0.05, 0.1) is 17.6 Å². The van der Waals surface area contributed by atoms with Gasteiger partial charge < -0.3 is 26.0 Å². The molecule has 0 bridgehead atoms. The average molecular weight is 597 g/mol. The number of aryl methyl sites for hydroxylation is 1. The van der Waals surface area contributed by atoms with E-state index in [-0.39, 0.29) is 30.4 Å². The number of anilines is 1. The SMILES string of the molecule is Cc1ccccc1CNC(=O)C1N(C(=O)C(O)C(Cc2ccccc2)NC(=O)Nc2ccc(F)cc2F)CSC1(C)C. The number of hydrogen-bond donors (Lipinski definition) is 4. The van der Waals surface area contributed by atoms with Crippen molar-refractivity contribution in [3.63, 3.8) is 0 Å². The van der Waals surface area contributed by atoms with Gasteiger partial charge in [0, 0.05) is 17.4 Å². The molecule has 0 aromatic heterocycles. The molecule has 3 unspecified atom stereocenters. The molecular weight excluding hydrogens is 562 g/mol. The third kappa shape index (κ3) is 7.46. The molecule has 8 nitrogen and oxygen atoms in total. The molecule has 0 saturated carbocycles. The van der Waals surface area contributed by atoms with Crippen LogP contribution in [0.4, 0.5) is 19.3 Å². The number of halogens is 2. The van der Waals surface area contributed by atoms with Crippen LogP contribution >= 0.6 is 11.8 Å². The maximum atomic E-state index is 14.1. The third-order valence-corrected chi connectivity index (χ3v) is 8.59. The Balaban J connectivity index is 1.52. The normalized spacial score (nSPS) is 17.3. The predicted molar refractivity (Wildman–Crippen MR) is 159 cm³/mol. The lowest BCUT2D eigenvalue weighted by molar-refractivity contribution is -0.147. The predicted octanol–water partition coefficient (Wildman–Crippen LogP) is 4.36. The lowest BCUT2D eigenvalue weighted by Crippen LogP contribution is -2.59. The summed E-state index contributed by atoms with van der Waals surface area (Å²) in [5, 5.41) is 19.1. The molecule has 0 radical (unpaired) electrons. The first-order valence-corrected chi connectivity index (χ1v) is 14.5. The molecule has 3 atom stereocenters. The van der Waals surface area contributed by atoms with E-state index in [9.17, 15) is 28.3 Å². The Bertz CT molecular complexity index is 1440. The Morgan fingerprint density at radius 3 is 2.43 bits per heavy atom. The van der Waals surface area contributed by atoms with Crippen LogP contribution in [-0.4, -0.2) is 56.7 Å². The zero-order valence-electron chi connectivity index (χ0n) is 23.6. The van der Waals surface area contributed by atoms with Gasteiger partial charge in [-0.1, -0.05) is 54.6 Å². The number of benzene rings is 3. The van der Waals surface area contributed by atoms with Gasteiger partial charge in [-0.05, 0) is 56.0 Å². The largest absolute Gasteiger partial charge is 0.381 e. The number of carbonyl (C=O) groups excluding carboxylic acids is 3.